The first-order chi connectivity index (χ1) is 15.7. The molecule has 1 aliphatic rings. The molecule has 0 fully saturated rings. The van der Waals surface area contributed by atoms with E-state index in [2.05, 4.69) is 25.5 Å². The predicted molar refractivity (Wildman–Crippen MR) is 115 cm³/mol. The maximum atomic E-state index is 14.2. The molecular weight excluding hydrogens is 411 g/mol. The lowest BCUT2D eigenvalue weighted by Crippen LogP contribution is -2.14. The predicted octanol–water partition coefficient (Wildman–Crippen LogP) is 4.01. The van der Waals surface area contributed by atoms with Crippen molar-refractivity contribution < 1.29 is 13.7 Å². The third-order valence-corrected chi connectivity index (χ3v) is 4.95. The molecule has 0 saturated carbocycles. The lowest BCUT2D eigenvalue weighted by Gasteiger charge is -2.07. The van der Waals surface area contributed by atoms with Crippen LogP contribution in [0.15, 0.2) is 83.2 Å². The first-order valence-corrected chi connectivity index (χ1v) is 9.90. The topological polar surface area (TPSA) is 98.7 Å². The Kier molecular flexibility index (Phi) is 5.12. The van der Waals surface area contributed by atoms with Crippen molar-refractivity contribution in [3.63, 3.8) is 0 Å². The number of carbonyl (C=O) groups is 1. The van der Waals surface area contributed by atoms with Crippen molar-refractivity contribution in [1.82, 2.24) is 24.9 Å². The van der Waals surface area contributed by atoms with Gasteiger partial charge in [0.2, 0.25) is 0 Å². The van der Waals surface area contributed by atoms with Crippen LogP contribution in [0.2, 0.25) is 0 Å². The summed E-state index contributed by atoms with van der Waals surface area (Å²) in [6.07, 6.45) is 9.11. The minimum Gasteiger partial charge on any atom is -0.364 e. The van der Waals surface area contributed by atoms with E-state index in [1.165, 1.54) is 12.3 Å². The standard InChI is InChI=1S/C23H17FN6O2/c24-17-8-4-3-7-16(17)14-30-20(18-10-12-32-29-18)13-19(28-30)22-25-11-9-21(26-22)27-23(31)15-5-1-2-6-15/h1-5,7-13H,6,14H2,(H,25,26,27,31). The minimum atomic E-state index is -0.327. The van der Waals surface area contributed by atoms with Crippen molar-refractivity contribution in [2.24, 2.45) is 0 Å². The molecule has 158 valence electrons. The van der Waals surface area contributed by atoms with Crippen molar-refractivity contribution in [2.45, 2.75) is 13.0 Å². The highest BCUT2D eigenvalue weighted by molar-refractivity contribution is 6.04. The van der Waals surface area contributed by atoms with Crippen LogP contribution in [0.3, 0.4) is 0 Å². The van der Waals surface area contributed by atoms with Crippen LogP contribution >= 0.6 is 0 Å². The molecule has 32 heavy (non-hydrogen) atoms. The van der Waals surface area contributed by atoms with Gasteiger partial charge in [-0.15, -0.1) is 0 Å². The molecule has 1 aromatic carbocycles. The first-order valence-electron chi connectivity index (χ1n) is 9.90. The summed E-state index contributed by atoms with van der Waals surface area (Å²) in [5.41, 5.74) is 2.76. The molecule has 9 heteroatoms. The maximum Gasteiger partial charge on any atom is 0.253 e. The Balaban J connectivity index is 1.47. The molecule has 0 saturated heterocycles. The highest BCUT2D eigenvalue weighted by atomic mass is 19.1. The van der Waals surface area contributed by atoms with E-state index >= 15 is 0 Å². The van der Waals surface area contributed by atoms with Crippen molar-refractivity contribution in [2.75, 3.05) is 5.32 Å². The molecule has 5 rings (SSSR count). The lowest BCUT2D eigenvalue weighted by atomic mass is 10.2. The number of nitrogens with one attached hydrogen (secondary N) is 1. The molecule has 1 aliphatic carbocycles. The van der Waals surface area contributed by atoms with Gasteiger partial charge in [0.05, 0.1) is 12.2 Å². The van der Waals surface area contributed by atoms with Gasteiger partial charge in [-0.25, -0.2) is 14.4 Å². The molecule has 0 aliphatic heterocycles. The second-order valence-corrected chi connectivity index (χ2v) is 7.09. The number of allylic oxidation sites excluding steroid dienone is 3. The van der Waals surface area contributed by atoms with Crippen LogP contribution in [0.25, 0.3) is 22.9 Å². The largest absolute Gasteiger partial charge is 0.364 e. The molecule has 4 aromatic rings. The van der Waals surface area contributed by atoms with Crippen molar-refractivity contribution >= 4 is 11.7 Å². The quantitative estimate of drug-likeness (QED) is 0.498. The Morgan fingerprint density at radius 2 is 2.09 bits per heavy atom. The van der Waals surface area contributed by atoms with Gasteiger partial charge >= 0.3 is 0 Å². The van der Waals surface area contributed by atoms with E-state index in [9.17, 15) is 9.18 Å². The summed E-state index contributed by atoms with van der Waals surface area (Å²) in [6, 6.07) is 11.6. The Morgan fingerprint density at radius 1 is 1.19 bits per heavy atom. The van der Waals surface area contributed by atoms with Crippen LogP contribution in [0.5, 0.6) is 0 Å². The number of amides is 1. The molecule has 3 heterocycles. The number of hydrogen-bond acceptors (Lipinski definition) is 6. The monoisotopic (exact) mass is 428 g/mol. The van der Waals surface area contributed by atoms with Gasteiger partial charge in [0, 0.05) is 23.4 Å². The molecule has 0 unspecified atom stereocenters. The minimum absolute atomic E-state index is 0.187. The molecule has 0 radical (unpaired) electrons. The lowest BCUT2D eigenvalue weighted by molar-refractivity contribution is -0.112. The summed E-state index contributed by atoms with van der Waals surface area (Å²) >= 11 is 0. The van der Waals surface area contributed by atoms with Gasteiger partial charge in [-0.05, 0) is 24.6 Å². The number of carbonyl (C=O) groups excluding carboxylic acids is 1. The summed E-state index contributed by atoms with van der Waals surface area (Å²) in [4.78, 5) is 21.1. The summed E-state index contributed by atoms with van der Waals surface area (Å²) in [5, 5.41) is 11.3. The van der Waals surface area contributed by atoms with Crippen LogP contribution < -0.4 is 5.32 Å². The van der Waals surface area contributed by atoms with Gasteiger partial charge in [-0.2, -0.15) is 5.10 Å². The molecule has 0 atom stereocenters. The number of nitrogens with zero attached hydrogens (tertiary/aromatic N) is 5. The number of rotatable bonds is 6. The first kappa shape index (κ1) is 19.6. The molecule has 3 aromatic heterocycles. The molecular formula is C23H17FN6O2. The second kappa shape index (κ2) is 8.38. The number of benzene rings is 1. The zero-order valence-electron chi connectivity index (χ0n) is 16.8. The fourth-order valence-electron chi connectivity index (χ4n) is 3.35. The average Bonchev–Trinajstić information content (AvgIpc) is 3.57. The number of anilines is 1. The summed E-state index contributed by atoms with van der Waals surface area (Å²) < 4.78 is 20.8. The Hall–Kier alpha value is -4.40. The van der Waals surface area contributed by atoms with Crippen LogP contribution in [0, 0.1) is 5.82 Å². The van der Waals surface area contributed by atoms with Gasteiger partial charge in [-0.3, -0.25) is 9.48 Å². The highest BCUT2D eigenvalue weighted by Gasteiger charge is 2.18. The fraction of sp³-hybridized carbons (Fsp3) is 0.0870. The van der Waals surface area contributed by atoms with Crippen molar-refractivity contribution in [3.05, 3.63) is 90.1 Å². The van der Waals surface area contributed by atoms with E-state index in [0.29, 0.717) is 46.3 Å². The van der Waals surface area contributed by atoms with E-state index in [-0.39, 0.29) is 18.3 Å². The zero-order valence-corrected chi connectivity index (χ0v) is 16.8. The van der Waals surface area contributed by atoms with Crippen molar-refractivity contribution in [3.8, 4) is 22.9 Å². The average molecular weight is 428 g/mol. The summed E-state index contributed by atoms with van der Waals surface area (Å²) in [6.45, 7) is 0.187. The Labute approximate surface area is 182 Å². The molecule has 8 nitrogen and oxygen atoms in total. The second-order valence-electron chi connectivity index (χ2n) is 7.09. The van der Waals surface area contributed by atoms with Gasteiger partial charge in [0.15, 0.2) is 5.82 Å². The van der Waals surface area contributed by atoms with Crippen LogP contribution in [0.1, 0.15) is 12.0 Å². The molecule has 1 amide bonds. The summed E-state index contributed by atoms with van der Waals surface area (Å²) in [5.74, 6) is 0.137. The van der Waals surface area contributed by atoms with Crippen LogP contribution in [-0.4, -0.2) is 30.8 Å². The SMILES string of the molecule is O=C(Nc1ccnc(-c2cc(-c3ccon3)n(Cc3ccccc3F)n2)n1)C1=CC=CC1. The number of aromatic nitrogens is 5. The Morgan fingerprint density at radius 3 is 2.88 bits per heavy atom. The van der Waals surface area contributed by atoms with Crippen LogP contribution in [0.4, 0.5) is 10.2 Å². The zero-order chi connectivity index (χ0) is 21.9. The highest BCUT2D eigenvalue weighted by Crippen LogP contribution is 2.25. The summed E-state index contributed by atoms with van der Waals surface area (Å²) in [7, 11) is 0. The van der Waals surface area contributed by atoms with E-state index in [0.717, 1.165) is 0 Å². The van der Waals surface area contributed by atoms with Gasteiger partial charge in [0.25, 0.3) is 5.91 Å². The normalized spacial score (nSPS) is 12.7. The van der Waals surface area contributed by atoms with Gasteiger partial charge in [-0.1, -0.05) is 41.6 Å². The molecule has 0 spiro atoms. The van der Waals surface area contributed by atoms with Gasteiger partial charge in [0.1, 0.15) is 29.3 Å². The van der Waals surface area contributed by atoms with Crippen LogP contribution in [-0.2, 0) is 11.3 Å². The fourth-order valence-corrected chi connectivity index (χ4v) is 3.35. The number of hydrogen-bond donors (Lipinski definition) is 1. The van der Waals surface area contributed by atoms with Gasteiger partial charge < -0.3 is 9.84 Å². The van der Waals surface area contributed by atoms with Crippen molar-refractivity contribution in [1.29, 1.82) is 0 Å². The third kappa shape index (κ3) is 3.95. The van der Waals surface area contributed by atoms with E-state index < -0.39 is 0 Å². The smallest absolute Gasteiger partial charge is 0.253 e. The van der Waals surface area contributed by atoms with E-state index in [4.69, 9.17) is 4.52 Å². The molecule has 1 N–H and O–H groups in total. The van der Waals surface area contributed by atoms with E-state index in [1.54, 1.807) is 53.4 Å². The molecule has 0 bridgehead atoms. The maximum absolute atomic E-state index is 14.2. The van der Waals surface area contributed by atoms with E-state index in [1.807, 2.05) is 12.2 Å². The number of halogens is 1. The Bertz CT molecular complexity index is 1340. The third-order valence-electron chi connectivity index (χ3n) is 4.95.